The molecule has 21 heavy (non-hydrogen) atoms. The fraction of sp³-hybridized carbons (Fsp3) is 0.357. The molecule has 0 spiro atoms. The molecular weight excluding hydrogens is 308 g/mol. The summed E-state index contributed by atoms with van der Waals surface area (Å²) in [7, 11) is 0. The topological polar surface area (TPSA) is 79.3 Å². The number of hydrogen-bond acceptors (Lipinski definition) is 5. The first kappa shape index (κ1) is 15.7. The number of nitrogens with one attached hydrogen (secondary N) is 1. The van der Waals surface area contributed by atoms with Crippen molar-refractivity contribution in [2.24, 2.45) is 0 Å². The molecule has 0 aliphatic carbocycles. The zero-order valence-electron chi connectivity index (χ0n) is 11.5. The van der Waals surface area contributed by atoms with Crippen molar-refractivity contribution in [3.63, 3.8) is 0 Å². The molecule has 1 amide bonds. The normalized spacial score (nSPS) is 12.0. The minimum absolute atomic E-state index is 0.0660. The predicted octanol–water partition coefficient (Wildman–Crippen LogP) is 3.24. The van der Waals surface area contributed by atoms with Gasteiger partial charge in [-0.2, -0.15) is 0 Å². The Morgan fingerprint density at radius 3 is 2.90 bits per heavy atom. The van der Waals surface area contributed by atoms with E-state index in [4.69, 9.17) is 5.11 Å². The van der Waals surface area contributed by atoms with E-state index in [1.54, 1.807) is 16.7 Å². The van der Waals surface area contributed by atoms with Crippen LogP contribution in [0, 0.1) is 0 Å². The summed E-state index contributed by atoms with van der Waals surface area (Å²) < 4.78 is 0. The Labute approximate surface area is 130 Å². The lowest BCUT2D eigenvalue weighted by molar-refractivity contribution is -0.137. The Morgan fingerprint density at radius 1 is 1.43 bits per heavy atom. The molecule has 0 aromatic carbocycles. The number of thiophene rings is 1. The number of carbonyl (C=O) groups excluding carboxylic acids is 1. The Balaban J connectivity index is 1.87. The number of amides is 1. The number of aliphatic carboxylic acids is 1. The molecule has 0 radical (unpaired) electrons. The van der Waals surface area contributed by atoms with E-state index in [9.17, 15) is 9.59 Å². The lowest BCUT2D eigenvalue weighted by atomic mass is 10.1. The van der Waals surface area contributed by atoms with Crippen LogP contribution in [0.15, 0.2) is 22.9 Å². The molecule has 0 fully saturated rings. The second-order valence-corrected chi connectivity index (χ2v) is 6.48. The van der Waals surface area contributed by atoms with Crippen molar-refractivity contribution >= 4 is 34.6 Å². The maximum atomic E-state index is 12.1. The Bertz CT molecular complexity index is 608. The first-order valence-electron chi connectivity index (χ1n) is 6.58. The number of nitrogens with zero attached hydrogens (tertiary/aromatic N) is 1. The molecule has 0 saturated heterocycles. The van der Waals surface area contributed by atoms with Crippen LogP contribution in [0.4, 0.5) is 0 Å². The van der Waals surface area contributed by atoms with Crippen molar-refractivity contribution in [3.8, 4) is 9.88 Å². The number of carboxylic acids is 1. The van der Waals surface area contributed by atoms with Crippen LogP contribution >= 0.6 is 22.7 Å². The van der Waals surface area contributed by atoms with Gasteiger partial charge in [0.25, 0.3) is 5.91 Å². The summed E-state index contributed by atoms with van der Waals surface area (Å²) in [5.74, 6) is -1.02. The van der Waals surface area contributed by atoms with Crippen LogP contribution in [0.2, 0.25) is 0 Å². The Kier molecular flexibility index (Phi) is 5.46. The molecule has 0 aliphatic heterocycles. The van der Waals surface area contributed by atoms with E-state index < -0.39 is 5.97 Å². The maximum Gasteiger partial charge on any atom is 0.303 e. The molecule has 5 nitrogen and oxygen atoms in total. The number of carboxylic acid groups (broad SMARTS) is 1. The molecule has 0 bridgehead atoms. The molecule has 2 N–H and O–H groups in total. The highest BCUT2D eigenvalue weighted by Crippen LogP contribution is 2.27. The van der Waals surface area contributed by atoms with Crippen LogP contribution in [0.3, 0.4) is 0 Å². The zero-order valence-corrected chi connectivity index (χ0v) is 13.2. The van der Waals surface area contributed by atoms with Gasteiger partial charge >= 0.3 is 5.97 Å². The number of hydrogen-bond donors (Lipinski definition) is 2. The fourth-order valence-electron chi connectivity index (χ4n) is 1.82. The van der Waals surface area contributed by atoms with E-state index in [-0.39, 0.29) is 18.4 Å². The second kappa shape index (κ2) is 7.33. The third-order valence-electron chi connectivity index (χ3n) is 2.87. The summed E-state index contributed by atoms with van der Waals surface area (Å²) in [5.41, 5.74) is 0.411. The van der Waals surface area contributed by atoms with E-state index in [0.717, 1.165) is 9.88 Å². The SMILES string of the molecule is CC(CCCC(=O)O)NC(=O)c1csc(-c2cccs2)n1. The van der Waals surface area contributed by atoms with Crippen molar-refractivity contribution in [3.05, 3.63) is 28.6 Å². The van der Waals surface area contributed by atoms with E-state index in [1.165, 1.54) is 11.3 Å². The lowest BCUT2D eigenvalue weighted by Gasteiger charge is -2.11. The summed E-state index contributed by atoms with van der Waals surface area (Å²) in [4.78, 5) is 27.9. The molecule has 2 aromatic heterocycles. The minimum Gasteiger partial charge on any atom is -0.481 e. The standard InChI is InChI=1S/C14H16N2O3S2/c1-9(4-2-6-12(17)18)15-13(19)10-8-21-14(16-10)11-5-3-7-20-11/h3,5,7-9H,2,4,6H2,1H3,(H,15,19)(H,17,18). The van der Waals surface area contributed by atoms with Crippen LogP contribution in [0.5, 0.6) is 0 Å². The molecule has 1 unspecified atom stereocenters. The van der Waals surface area contributed by atoms with Gasteiger partial charge in [0.15, 0.2) is 0 Å². The van der Waals surface area contributed by atoms with Crippen molar-refractivity contribution in [1.82, 2.24) is 10.3 Å². The van der Waals surface area contributed by atoms with E-state index >= 15 is 0 Å². The molecule has 2 heterocycles. The summed E-state index contributed by atoms with van der Waals surface area (Å²) in [6.45, 7) is 1.87. The second-order valence-electron chi connectivity index (χ2n) is 4.68. The summed E-state index contributed by atoms with van der Waals surface area (Å²) in [6, 6.07) is 3.86. The van der Waals surface area contributed by atoms with Gasteiger partial charge in [-0.05, 0) is 31.2 Å². The first-order valence-corrected chi connectivity index (χ1v) is 8.34. The van der Waals surface area contributed by atoms with Gasteiger partial charge in [0.05, 0.1) is 4.88 Å². The molecular formula is C14H16N2O3S2. The maximum absolute atomic E-state index is 12.1. The van der Waals surface area contributed by atoms with Crippen LogP contribution in [-0.4, -0.2) is 28.0 Å². The van der Waals surface area contributed by atoms with Crippen LogP contribution in [-0.2, 0) is 4.79 Å². The quantitative estimate of drug-likeness (QED) is 0.819. The molecule has 1 atom stereocenters. The third-order valence-corrected chi connectivity index (χ3v) is 4.76. The van der Waals surface area contributed by atoms with Crippen molar-refractivity contribution in [1.29, 1.82) is 0 Å². The summed E-state index contributed by atoms with van der Waals surface area (Å²) >= 11 is 3.03. The number of carbonyl (C=O) groups is 2. The van der Waals surface area contributed by atoms with Crippen LogP contribution < -0.4 is 5.32 Å². The van der Waals surface area contributed by atoms with Crippen LogP contribution in [0.25, 0.3) is 9.88 Å². The predicted molar refractivity (Wildman–Crippen MR) is 83.8 cm³/mol. The number of aromatic nitrogens is 1. The van der Waals surface area contributed by atoms with Crippen molar-refractivity contribution < 1.29 is 14.7 Å². The van der Waals surface area contributed by atoms with E-state index in [2.05, 4.69) is 10.3 Å². The van der Waals surface area contributed by atoms with E-state index in [0.29, 0.717) is 18.5 Å². The van der Waals surface area contributed by atoms with Gasteiger partial charge in [-0.15, -0.1) is 22.7 Å². The lowest BCUT2D eigenvalue weighted by Crippen LogP contribution is -2.32. The van der Waals surface area contributed by atoms with Gasteiger partial charge in [0, 0.05) is 17.8 Å². The number of rotatable bonds is 7. The summed E-state index contributed by atoms with van der Waals surface area (Å²) in [6.07, 6.45) is 1.31. The minimum atomic E-state index is -0.811. The average Bonchev–Trinajstić information content (AvgIpc) is 3.09. The van der Waals surface area contributed by atoms with Gasteiger partial charge in [-0.1, -0.05) is 6.07 Å². The van der Waals surface area contributed by atoms with Crippen molar-refractivity contribution in [2.75, 3.05) is 0 Å². The van der Waals surface area contributed by atoms with Gasteiger partial charge in [0.1, 0.15) is 10.7 Å². The number of thiazole rings is 1. The molecule has 0 saturated carbocycles. The van der Waals surface area contributed by atoms with Gasteiger partial charge in [-0.25, -0.2) is 4.98 Å². The smallest absolute Gasteiger partial charge is 0.303 e. The summed E-state index contributed by atoms with van der Waals surface area (Å²) in [5, 5.41) is 16.0. The third kappa shape index (κ3) is 4.64. The highest BCUT2D eigenvalue weighted by atomic mass is 32.1. The zero-order chi connectivity index (χ0) is 15.2. The molecule has 2 rings (SSSR count). The average molecular weight is 324 g/mol. The van der Waals surface area contributed by atoms with E-state index in [1.807, 2.05) is 24.4 Å². The molecule has 2 aromatic rings. The molecule has 112 valence electrons. The Hall–Kier alpha value is -1.73. The van der Waals surface area contributed by atoms with Crippen LogP contribution in [0.1, 0.15) is 36.7 Å². The van der Waals surface area contributed by atoms with Crippen molar-refractivity contribution in [2.45, 2.75) is 32.2 Å². The largest absolute Gasteiger partial charge is 0.481 e. The monoisotopic (exact) mass is 324 g/mol. The Morgan fingerprint density at radius 2 is 2.24 bits per heavy atom. The highest BCUT2D eigenvalue weighted by molar-refractivity contribution is 7.20. The molecule has 0 aliphatic rings. The van der Waals surface area contributed by atoms with Gasteiger partial charge in [0.2, 0.25) is 0 Å². The van der Waals surface area contributed by atoms with Gasteiger partial charge in [-0.3, -0.25) is 9.59 Å². The fourth-order valence-corrected chi connectivity index (χ4v) is 3.44. The molecule has 7 heteroatoms. The van der Waals surface area contributed by atoms with Gasteiger partial charge < -0.3 is 10.4 Å². The first-order chi connectivity index (χ1) is 10.1. The highest BCUT2D eigenvalue weighted by Gasteiger charge is 2.14.